The minimum Gasteiger partial charge on any atom is -0.436 e. The van der Waals surface area contributed by atoms with Crippen molar-refractivity contribution < 1.29 is 13.4 Å². The second kappa shape index (κ2) is 6.89. The Hall–Kier alpha value is -2.72. The van der Waals surface area contributed by atoms with Crippen molar-refractivity contribution in [2.24, 2.45) is 0 Å². The number of hydrogen-bond acceptors (Lipinski definition) is 2. The standard InChI is InChI=1S/C21H17ClFN2O/c1-2-14-3-6-20-19(11-14)24-21(26-20)15-7-9-25(10-8-15)13-16-4-5-17(23)12-18(16)22/h3-12H,2,13H2,1H3/q+1. The van der Waals surface area contributed by atoms with Gasteiger partial charge < -0.3 is 4.42 Å². The molecule has 0 spiro atoms. The molecule has 0 N–H and O–H groups in total. The molecule has 5 heteroatoms. The van der Waals surface area contributed by atoms with E-state index >= 15 is 0 Å². The van der Waals surface area contributed by atoms with Crippen LogP contribution in [-0.4, -0.2) is 4.98 Å². The van der Waals surface area contributed by atoms with Gasteiger partial charge in [-0.25, -0.2) is 13.9 Å². The summed E-state index contributed by atoms with van der Waals surface area (Å²) in [5, 5.41) is 0.423. The van der Waals surface area contributed by atoms with E-state index in [9.17, 15) is 4.39 Å². The van der Waals surface area contributed by atoms with Crippen LogP contribution in [0.1, 0.15) is 18.1 Å². The van der Waals surface area contributed by atoms with E-state index in [-0.39, 0.29) is 5.82 Å². The van der Waals surface area contributed by atoms with Gasteiger partial charge in [-0.3, -0.25) is 0 Å². The number of hydrogen-bond donors (Lipinski definition) is 0. The fraction of sp³-hybridized carbons (Fsp3) is 0.143. The van der Waals surface area contributed by atoms with Crippen molar-refractivity contribution in [1.82, 2.24) is 4.98 Å². The number of fused-ring (bicyclic) bond motifs is 1. The maximum absolute atomic E-state index is 13.2. The van der Waals surface area contributed by atoms with E-state index in [0.29, 0.717) is 17.5 Å². The molecule has 2 aromatic carbocycles. The van der Waals surface area contributed by atoms with Crippen LogP contribution in [-0.2, 0) is 13.0 Å². The molecule has 0 amide bonds. The first kappa shape index (κ1) is 16.7. The van der Waals surface area contributed by atoms with Crippen LogP contribution in [0.5, 0.6) is 0 Å². The molecule has 3 nitrogen and oxygen atoms in total. The van der Waals surface area contributed by atoms with E-state index in [1.54, 1.807) is 6.07 Å². The molecular weight excluding hydrogens is 351 g/mol. The Balaban J connectivity index is 1.59. The van der Waals surface area contributed by atoms with Crippen LogP contribution >= 0.6 is 11.6 Å². The van der Waals surface area contributed by atoms with Gasteiger partial charge in [-0.1, -0.05) is 24.6 Å². The number of aromatic nitrogens is 2. The van der Waals surface area contributed by atoms with Gasteiger partial charge in [-0.15, -0.1) is 0 Å². The Morgan fingerprint density at radius 1 is 1.08 bits per heavy atom. The number of halogens is 2. The molecule has 0 saturated carbocycles. The van der Waals surface area contributed by atoms with Gasteiger partial charge in [0.15, 0.2) is 24.5 Å². The second-order valence-electron chi connectivity index (χ2n) is 6.17. The van der Waals surface area contributed by atoms with Gasteiger partial charge in [0.25, 0.3) is 0 Å². The summed E-state index contributed by atoms with van der Waals surface area (Å²) in [6.07, 6.45) is 4.83. The molecule has 0 aliphatic carbocycles. The van der Waals surface area contributed by atoms with Gasteiger partial charge in [0.2, 0.25) is 5.89 Å². The molecule has 0 atom stereocenters. The van der Waals surface area contributed by atoms with Crippen molar-refractivity contribution in [3.63, 3.8) is 0 Å². The number of aryl methyl sites for hydroxylation is 1. The first-order chi connectivity index (χ1) is 12.6. The Morgan fingerprint density at radius 3 is 2.62 bits per heavy atom. The highest BCUT2D eigenvalue weighted by Gasteiger charge is 2.12. The minimum atomic E-state index is -0.332. The van der Waals surface area contributed by atoms with Crippen LogP contribution in [0.2, 0.25) is 5.02 Å². The molecule has 0 aliphatic heterocycles. The highest BCUT2D eigenvalue weighted by atomic mass is 35.5. The lowest BCUT2D eigenvalue weighted by molar-refractivity contribution is -0.688. The summed E-state index contributed by atoms with van der Waals surface area (Å²) in [6.45, 7) is 2.68. The van der Waals surface area contributed by atoms with Crippen LogP contribution < -0.4 is 4.57 Å². The summed E-state index contributed by atoms with van der Waals surface area (Å²) in [5.74, 6) is 0.265. The average Bonchev–Trinajstić information content (AvgIpc) is 3.07. The Labute approximate surface area is 155 Å². The normalized spacial score (nSPS) is 11.2. The third kappa shape index (κ3) is 3.33. The zero-order chi connectivity index (χ0) is 18.1. The van der Waals surface area contributed by atoms with Gasteiger partial charge in [0.05, 0.1) is 5.02 Å². The van der Waals surface area contributed by atoms with Gasteiger partial charge in [-0.05, 0) is 42.3 Å². The van der Waals surface area contributed by atoms with E-state index in [2.05, 4.69) is 24.0 Å². The molecule has 0 radical (unpaired) electrons. The van der Waals surface area contributed by atoms with Crippen molar-refractivity contribution >= 4 is 22.7 Å². The van der Waals surface area contributed by atoms with Crippen LogP contribution in [0, 0.1) is 5.82 Å². The topological polar surface area (TPSA) is 29.9 Å². The summed E-state index contributed by atoms with van der Waals surface area (Å²) in [5.41, 5.74) is 4.65. The molecule has 0 bridgehead atoms. The molecule has 0 unspecified atom stereocenters. The number of nitrogens with zero attached hydrogens (tertiary/aromatic N) is 2. The zero-order valence-corrected chi connectivity index (χ0v) is 15.0. The van der Waals surface area contributed by atoms with E-state index in [0.717, 1.165) is 28.6 Å². The first-order valence-corrected chi connectivity index (χ1v) is 8.83. The minimum absolute atomic E-state index is 0.332. The maximum Gasteiger partial charge on any atom is 0.227 e. The highest BCUT2D eigenvalue weighted by Crippen LogP contribution is 2.24. The molecule has 2 heterocycles. The summed E-state index contributed by atoms with van der Waals surface area (Å²) < 4.78 is 21.0. The van der Waals surface area contributed by atoms with Gasteiger partial charge in [0.1, 0.15) is 11.3 Å². The quantitative estimate of drug-likeness (QED) is 0.465. The fourth-order valence-electron chi connectivity index (χ4n) is 2.87. The van der Waals surface area contributed by atoms with Crippen LogP contribution in [0.3, 0.4) is 0 Å². The Bertz CT molecular complexity index is 1070. The lowest BCUT2D eigenvalue weighted by Crippen LogP contribution is -2.33. The smallest absolute Gasteiger partial charge is 0.227 e. The van der Waals surface area contributed by atoms with Crippen molar-refractivity contribution in [2.75, 3.05) is 0 Å². The lowest BCUT2D eigenvalue weighted by atomic mass is 10.1. The van der Waals surface area contributed by atoms with E-state index < -0.39 is 0 Å². The van der Waals surface area contributed by atoms with Crippen molar-refractivity contribution in [3.05, 3.63) is 82.9 Å². The Morgan fingerprint density at radius 2 is 1.88 bits per heavy atom. The van der Waals surface area contributed by atoms with Crippen LogP contribution in [0.4, 0.5) is 4.39 Å². The average molecular weight is 368 g/mol. The van der Waals surface area contributed by atoms with Crippen molar-refractivity contribution in [2.45, 2.75) is 19.9 Å². The molecule has 130 valence electrons. The number of benzene rings is 2. The van der Waals surface area contributed by atoms with E-state index in [1.807, 2.05) is 35.2 Å². The summed E-state index contributed by atoms with van der Waals surface area (Å²) >= 11 is 6.10. The third-order valence-corrected chi connectivity index (χ3v) is 4.72. The SMILES string of the molecule is CCc1ccc2oc(-c3cc[n+](Cc4ccc(F)cc4Cl)cc3)nc2c1. The Kier molecular flexibility index (Phi) is 4.43. The highest BCUT2D eigenvalue weighted by molar-refractivity contribution is 6.31. The van der Waals surface area contributed by atoms with Gasteiger partial charge in [0, 0.05) is 23.3 Å². The number of rotatable bonds is 4. The predicted molar refractivity (Wildman–Crippen MR) is 99.5 cm³/mol. The number of pyridine rings is 1. The van der Waals surface area contributed by atoms with Crippen LogP contribution in [0.15, 0.2) is 65.3 Å². The molecule has 26 heavy (non-hydrogen) atoms. The van der Waals surface area contributed by atoms with Gasteiger partial charge >= 0.3 is 0 Å². The summed E-state index contributed by atoms with van der Waals surface area (Å²) in [4.78, 5) is 4.59. The zero-order valence-electron chi connectivity index (χ0n) is 14.2. The molecular formula is C21H17ClFN2O+. The second-order valence-corrected chi connectivity index (χ2v) is 6.58. The molecule has 4 aromatic rings. The predicted octanol–water partition coefficient (Wildman–Crippen LogP) is 5.19. The maximum atomic E-state index is 13.2. The lowest BCUT2D eigenvalue weighted by Gasteiger charge is -2.01. The molecule has 4 rings (SSSR count). The molecule has 2 aromatic heterocycles. The van der Waals surface area contributed by atoms with Crippen molar-refractivity contribution in [1.29, 1.82) is 0 Å². The third-order valence-electron chi connectivity index (χ3n) is 4.37. The largest absolute Gasteiger partial charge is 0.436 e. The van der Waals surface area contributed by atoms with E-state index in [4.69, 9.17) is 16.0 Å². The van der Waals surface area contributed by atoms with Crippen LogP contribution in [0.25, 0.3) is 22.6 Å². The number of oxazole rings is 1. The van der Waals surface area contributed by atoms with Gasteiger partial charge in [-0.2, -0.15) is 0 Å². The molecule has 0 fully saturated rings. The fourth-order valence-corrected chi connectivity index (χ4v) is 3.10. The summed E-state index contributed by atoms with van der Waals surface area (Å²) in [7, 11) is 0. The van der Waals surface area contributed by atoms with E-state index in [1.165, 1.54) is 17.7 Å². The molecule has 0 saturated heterocycles. The monoisotopic (exact) mass is 367 g/mol. The molecule has 0 aliphatic rings. The summed E-state index contributed by atoms with van der Waals surface area (Å²) in [6, 6.07) is 14.4. The first-order valence-electron chi connectivity index (χ1n) is 8.45. The van der Waals surface area contributed by atoms with Crippen molar-refractivity contribution in [3.8, 4) is 11.5 Å².